The van der Waals surface area contributed by atoms with Crippen LogP contribution in [0.3, 0.4) is 0 Å². The number of nitrogens with two attached hydrogens (primary N) is 1. The van der Waals surface area contributed by atoms with Crippen molar-refractivity contribution < 1.29 is 19.0 Å². The molecule has 0 unspecified atom stereocenters. The van der Waals surface area contributed by atoms with Crippen molar-refractivity contribution in [3.8, 4) is 17.2 Å². The van der Waals surface area contributed by atoms with E-state index in [9.17, 15) is 4.79 Å². The summed E-state index contributed by atoms with van der Waals surface area (Å²) in [6, 6.07) is 3.49. The normalized spacial score (nSPS) is 10.4. The minimum atomic E-state index is -0.164. The van der Waals surface area contributed by atoms with Gasteiger partial charge in [-0.2, -0.15) is 0 Å². The molecule has 2 rings (SSSR count). The molecule has 0 aliphatic rings. The predicted molar refractivity (Wildman–Crippen MR) is 93.6 cm³/mol. The number of carbonyl (C=O) groups is 1. The van der Waals surface area contributed by atoms with Crippen molar-refractivity contribution in [3.63, 3.8) is 0 Å². The molecule has 0 saturated carbocycles. The van der Waals surface area contributed by atoms with Crippen molar-refractivity contribution in [1.82, 2.24) is 20.2 Å². The van der Waals surface area contributed by atoms with Gasteiger partial charge in [-0.3, -0.25) is 4.79 Å². The molecule has 25 heavy (non-hydrogen) atoms. The SMILES string of the molecule is COc1cc(OC)c(OC)cc1CNC(=O)CSc1nnc(C)n1N. The van der Waals surface area contributed by atoms with Gasteiger partial charge in [0.15, 0.2) is 11.5 Å². The summed E-state index contributed by atoms with van der Waals surface area (Å²) in [6.45, 7) is 2.03. The van der Waals surface area contributed by atoms with Gasteiger partial charge in [0.1, 0.15) is 11.6 Å². The first-order valence-corrected chi connectivity index (χ1v) is 8.34. The van der Waals surface area contributed by atoms with Crippen LogP contribution in [0, 0.1) is 6.92 Å². The van der Waals surface area contributed by atoms with E-state index < -0.39 is 0 Å². The molecule has 0 atom stereocenters. The minimum absolute atomic E-state index is 0.164. The second-order valence-electron chi connectivity index (χ2n) is 4.98. The fraction of sp³-hybridized carbons (Fsp3) is 0.400. The van der Waals surface area contributed by atoms with Crippen LogP contribution in [0.2, 0.25) is 0 Å². The third-order valence-corrected chi connectivity index (χ3v) is 4.37. The Balaban J connectivity index is 1.97. The zero-order valence-electron chi connectivity index (χ0n) is 14.5. The number of nitrogens with zero attached hydrogens (tertiary/aromatic N) is 3. The molecule has 2 aromatic rings. The molecule has 9 nitrogen and oxygen atoms in total. The number of thioether (sulfide) groups is 1. The highest BCUT2D eigenvalue weighted by Crippen LogP contribution is 2.34. The lowest BCUT2D eigenvalue weighted by Crippen LogP contribution is -2.25. The molecule has 3 N–H and O–H groups in total. The molecule has 0 spiro atoms. The molecule has 0 saturated heterocycles. The van der Waals surface area contributed by atoms with Gasteiger partial charge in [-0.05, 0) is 13.0 Å². The summed E-state index contributed by atoms with van der Waals surface area (Å²) < 4.78 is 17.2. The average Bonchev–Trinajstić information content (AvgIpc) is 2.95. The summed E-state index contributed by atoms with van der Waals surface area (Å²) in [5, 5.41) is 11.0. The van der Waals surface area contributed by atoms with E-state index in [2.05, 4.69) is 15.5 Å². The number of aromatic nitrogens is 3. The van der Waals surface area contributed by atoms with E-state index >= 15 is 0 Å². The number of benzene rings is 1. The summed E-state index contributed by atoms with van der Waals surface area (Å²) in [7, 11) is 4.65. The lowest BCUT2D eigenvalue weighted by molar-refractivity contribution is -0.118. The molecule has 1 heterocycles. The van der Waals surface area contributed by atoms with E-state index in [1.165, 1.54) is 16.4 Å². The second-order valence-corrected chi connectivity index (χ2v) is 5.93. The van der Waals surface area contributed by atoms with Crippen molar-refractivity contribution in [3.05, 3.63) is 23.5 Å². The Kier molecular flexibility index (Phi) is 6.34. The number of ether oxygens (including phenoxy) is 3. The number of hydrogen-bond acceptors (Lipinski definition) is 8. The lowest BCUT2D eigenvalue weighted by atomic mass is 10.1. The van der Waals surface area contributed by atoms with Gasteiger partial charge in [-0.25, -0.2) is 4.68 Å². The molecule has 136 valence electrons. The van der Waals surface area contributed by atoms with Crippen molar-refractivity contribution >= 4 is 17.7 Å². The minimum Gasteiger partial charge on any atom is -0.496 e. The van der Waals surface area contributed by atoms with Crippen LogP contribution in [-0.2, 0) is 11.3 Å². The molecular formula is C15H21N5O4S. The van der Waals surface area contributed by atoms with Crippen molar-refractivity contribution in [1.29, 1.82) is 0 Å². The zero-order chi connectivity index (χ0) is 18.4. The Morgan fingerprint density at radius 2 is 1.80 bits per heavy atom. The highest BCUT2D eigenvalue weighted by Gasteiger charge is 2.14. The van der Waals surface area contributed by atoms with E-state index in [4.69, 9.17) is 20.1 Å². The van der Waals surface area contributed by atoms with Gasteiger partial charge in [0, 0.05) is 18.2 Å². The Bertz CT molecular complexity index is 750. The van der Waals surface area contributed by atoms with Crippen LogP contribution in [0.5, 0.6) is 17.2 Å². The number of nitrogens with one attached hydrogen (secondary N) is 1. The molecule has 10 heteroatoms. The number of nitrogen functional groups attached to an aromatic ring is 1. The van der Waals surface area contributed by atoms with Crippen LogP contribution in [0.1, 0.15) is 11.4 Å². The predicted octanol–water partition coefficient (Wildman–Crippen LogP) is 0.735. The molecule has 0 aliphatic carbocycles. The van der Waals surface area contributed by atoms with Crippen LogP contribution in [0.4, 0.5) is 0 Å². The van der Waals surface area contributed by atoms with E-state index in [0.717, 1.165) is 5.56 Å². The van der Waals surface area contributed by atoms with Crippen LogP contribution in [0.25, 0.3) is 0 Å². The van der Waals surface area contributed by atoms with E-state index in [0.29, 0.717) is 28.2 Å². The van der Waals surface area contributed by atoms with Gasteiger partial charge in [-0.1, -0.05) is 11.8 Å². The summed E-state index contributed by atoms with van der Waals surface area (Å²) >= 11 is 1.21. The van der Waals surface area contributed by atoms with Gasteiger partial charge in [0.05, 0.1) is 27.1 Å². The Hall–Kier alpha value is -2.62. The van der Waals surface area contributed by atoms with Crippen LogP contribution in [-0.4, -0.2) is 47.9 Å². The number of amides is 1. The third kappa shape index (κ3) is 4.47. The molecule has 0 radical (unpaired) electrons. The quantitative estimate of drug-likeness (QED) is 0.519. The molecular weight excluding hydrogens is 346 g/mol. The maximum absolute atomic E-state index is 12.1. The van der Waals surface area contributed by atoms with Crippen LogP contribution >= 0.6 is 11.8 Å². The van der Waals surface area contributed by atoms with Gasteiger partial charge in [0.25, 0.3) is 0 Å². The topological polar surface area (TPSA) is 114 Å². The summed E-state index contributed by atoms with van der Waals surface area (Å²) in [6.07, 6.45) is 0. The fourth-order valence-electron chi connectivity index (χ4n) is 2.05. The lowest BCUT2D eigenvalue weighted by Gasteiger charge is -2.14. The highest BCUT2D eigenvalue weighted by atomic mass is 32.2. The van der Waals surface area contributed by atoms with Gasteiger partial charge in [0.2, 0.25) is 11.1 Å². The molecule has 0 aliphatic heterocycles. The maximum Gasteiger partial charge on any atom is 0.230 e. The first-order valence-electron chi connectivity index (χ1n) is 7.35. The monoisotopic (exact) mass is 367 g/mol. The van der Waals surface area contributed by atoms with E-state index in [1.807, 2.05) is 0 Å². The number of hydrogen-bond donors (Lipinski definition) is 2. The second kappa shape index (κ2) is 8.47. The Labute approximate surface area is 149 Å². The summed E-state index contributed by atoms with van der Waals surface area (Å²) in [5.74, 6) is 8.06. The standard InChI is InChI=1S/C15H21N5O4S/c1-9-18-19-15(20(9)16)25-8-14(21)17-7-10-5-12(23-3)13(24-4)6-11(10)22-2/h5-6H,7-8,16H2,1-4H3,(H,17,21). The Morgan fingerprint density at radius 1 is 1.16 bits per heavy atom. The number of aryl methyl sites for hydroxylation is 1. The largest absolute Gasteiger partial charge is 0.496 e. The van der Waals surface area contributed by atoms with Crippen molar-refractivity contribution in [2.24, 2.45) is 0 Å². The first-order chi connectivity index (χ1) is 12.0. The average molecular weight is 367 g/mol. The van der Waals surface area contributed by atoms with Crippen molar-refractivity contribution in [2.75, 3.05) is 32.9 Å². The maximum atomic E-state index is 12.1. The molecule has 0 bridgehead atoms. The number of methoxy groups -OCH3 is 3. The van der Waals surface area contributed by atoms with Crippen LogP contribution in [0.15, 0.2) is 17.3 Å². The molecule has 1 aromatic carbocycles. The van der Waals surface area contributed by atoms with E-state index in [1.54, 1.807) is 40.4 Å². The fourth-order valence-corrected chi connectivity index (χ4v) is 2.79. The smallest absolute Gasteiger partial charge is 0.230 e. The highest BCUT2D eigenvalue weighted by molar-refractivity contribution is 7.99. The van der Waals surface area contributed by atoms with Gasteiger partial charge < -0.3 is 25.4 Å². The first kappa shape index (κ1) is 18.7. The summed E-state index contributed by atoms with van der Waals surface area (Å²) in [5.41, 5.74) is 0.774. The zero-order valence-corrected chi connectivity index (χ0v) is 15.3. The Morgan fingerprint density at radius 3 is 2.36 bits per heavy atom. The van der Waals surface area contributed by atoms with E-state index in [-0.39, 0.29) is 18.2 Å². The molecule has 1 amide bonds. The molecule has 0 fully saturated rings. The van der Waals surface area contributed by atoms with Gasteiger partial charge in [-0.15, -0.1) is 10.2 Å². The van der Waals surface area contributed by atoms with Crippen molar-refractivity contribution in [2.45, 2.75) is 18.6 Å². The van der Waals surface area contributed by atoms with Crippen LogP contribution < -0.4 is 25.4 Å². The van der Waals surface area contributed by atoms with Gasteiger partial charge >= 0.3 is 0 Å². The number of rotatable bonds is 8. The summed E-state index contributed by atoms with van der Waals surface area (Å²) in [4.78, 5) is 12.1. The number of carbonyl (C=O) groups excluding carboxylic acids is 1. The third-order valence-electron chi connectivity index (χ3n) is 3.43. The molecule has 1 aromatic heterocycles.